The van der Waals surface area contributed by atoms with Crippen molar-refractivity contribution in [3.8, 4) is 0 Å². The van der Waals surface area contributed by atoms with E-state index in [-0.39, 0.29) is 23.6 Å². The molecule has 1 aromatic carbocycles. The summed E-state index contributed by atoms with van der Waals surface area (Å²) in [7, 11) is -4.44. The second kappa shape index (κ2) is 47.9. The van der Waals surface area contributed by atoms with Gasteiger partial charge in [-0.3, -0.25) is 33.0 Å². The normalized spacial score (nSPS) is 18.0. The van der Waals surface area contributed by atoms with Crippen molar-refractivity contribution in [3.63, 3.8) is 0 Å². The number of hydrogen-bond donors (Lipinski definition) is 1. The first-order valence-electron chi connectivity index (χ1n) is 33.3. The lowest BCUT2D eigenvalue weighted by atomic mass is 9.97. The quantitative estimate of drug-likeness (QED) is 0.0277. The van der Waals surface area contributed by atoms with Crippen molar-refractivity contribution in [3.05, 3.63) is 29.8 Å². The van der Waals surface area contributed by atoms with Crippen LogP contribution in [0.1, 0.15) is 292 Å². The lowest BCUT2D eigenvalue weighted by Crippen LogP contribution is -2.63. The molecule has 18 heteroatoms. The SMILES string of the molecule is CCCCCCCCCCCCCCCCCCCCCCCCCC(=O)N[C@@H](CO[C@H]1O[C@H](COS(=O)(=O)c2ccc(C)cc2)[C@H](OC(C)=O)[C@H](OC(C)=O)[C@H]1OC(C)=O)[C@H](OC(C)=O)[C@@H](CCCCCCCCCCCCCC)OC(C)=O. The van der Waals surface area contributed by atoms with Crippen LogP contribution < -0.4 is 5.32 Å². The second-order valence-electron chi connectivity index (χ2n) is 23.8. The maximum absolute atomic E-state index is 14.0. The van der Waals surface area contributed by atoms with E-state index in [0.29, 0.717) is 12.8 Å². The summed E-state index contributed by atoms with van der Waals surface area (Å²) in [6.45, 7) is 10.7. The second-order valence-corrected chi connectivity index (χ2v) is 25.4. The first kappa shape index (κ1) is 77.0. The minimum atomic E-state index is -4.44. The number of benzene rings is 1. The minimum absolute atomic E-state index is 0.128. The monoisotopic (exact) mass is 1220 g/mol. The van der Waals surface area contributed by atoms with Gasteiger partial charge in [-0.1, -0.05) is 243 Å². The maximum atomic E-state index is 14.0. The highest BCUT2D eigenvalue weighted by Crippen LogP contribution is 2.32. The molecule has 0 bridgehead atoms. The average molecular weight is 1220 g/mol. The first-order valence-corrected chi connectivity index (χ1v) is 34.7. The molecule has 1 aliphatic rings. The van der Waals surface area contributed by atoms with Gasteiger partial charge in [0.2, 0.25) is 5.91 Å². The van der Waals surface area contributed by atoms with Crippen LogP contribution in [-0.2, 0) is 76.2 Å². The van der Waals surface area contributed by atoms with Crippen molar-refractivity contribution < 1.29 is 74.5 Å². The predicted octanol–water partition coefficient (Wildman–Crippen LogP) is 15.1. The Kier molecular flexibility index (Phi) is 43.4. The van der Waals surface area contributed by atoms with Gasteiger partial charge in [0.25, 0.3) is 10.1 Å². The van der Waals surface area contributed by atoms with E-state index in [2.05, 4.69) is 19.2 Å². The highest BCUT2D eigenvalue weighted by atomic mass is 32.2. The predicted molar refractivity (Wildman–Crippen MR) is 331 cm³/mol. The Balaban J connectivity index is 2.21. The summed E-state index contributed by atoms with van der Waals surface area (Å²) in [5, 5.41) is 2.98. The van der Waals surface area contributed by atoms with Gasteiger partial charge in [-0.25, -0.2) is 0 Å². The summed E-state index contributed by atoms with van der Waals surface area (Å²) < 4.78 is 73.8. The van der Waals surface area contributed by atoms with Gasteiger partial charge >= 0.3 is 29.8 Å². The smallest absolute Gasteiger partial charge is 0.303 e. The van der Waals surface area contributed by atoms with E-state index in [0.717, 1.165) is 77.7 Å². The van der Waals surface area contributed by atoms with Gasteiger partial charge < -0.3 is 38.5 Å². The fourth-order valence-corrected chi connectivity index (χ4v) is 12.0. The van der Waals surface area contributed by atoms with E-state index in [1.165, 1.54) is 187 Å². The highest BCUT2D eigenvalue weighted by Gasteiger charge is 2.53. The molecule has 0 radical (unpaired) electrons. The molecule has 490 valence electrons. The fourth-order valence-electron chi connectivity index (χ4n) is 11.1. The topological polar surface area (TPSA) is 222 Å². The van der Waals surface area contributed by atoms with Gasteiger partial charge in [0, 0.05) is 41.0 Å². The van der Waals surface area contributed by atoms with Crippen molar-refractivity contribution in [1.29, 1.82) is 0 Å². The van der Waals surface area contributed by atoms with Gasteiger partial charge in [-0.05, 0) is 38.3 Å². The molecule has 1 amide bonds. The molecule has 1 aromatic rings. The third-order valence-electron chi connectivity index (χ3n) is 15.7. The van der Waals surface area contributed by atoms with Crippen molar-refractivity contribution in [1.82, 2.24) is 5.32 Å². The molecular weight excluding hydrogens is 1110 g/mol. The Morgan fingerprint density at radius 3 is 1.26 bits per heavy atom. The number of hydrogen-bond acceptors (Lipinski definition) is 16. The van der Waals surface area contributed by atoms with Gasteiger partial charge in [-0.2, -0.15) is 8.42 Å². The molecule has 2 rings (SSSR count). The van der Waals surface area contributed by atoms with Crippen LogP contribution in [0.25, 0.3) is 0 Å². The number of carbonyl (C=O) groups excluding carboxylic acids is 6. The Labute approximate surface area is 513 Å². The van der Waals surface area contributed by atoms with Gasteiger partial charge in [0.1, 0.15) is 12.2 Å². The molecule has 85 heavy (non-hydrogen) atoms. The Hall–Kier alpha value is -4.13. The molecule has 1 fully saturated rings. The Morgan fingerprint density at radius 1 is 0.482 bits per heavy atom. The molecule has 8 atom stereocenters. The molecule has 0 saturated carbocycles. The zero-order valence-electron chi connectivity index (χ0n) is 53.9. The van der Waals surface area contributed by atoms with Crippen LogP contribution in [-0.4, -0.2) is 106 Å². The summed E-state index contributed by atoms with van der Waals surface area (Å²) in [4.78, 5) is 77.8. The Morgan fingerprint density at radius 2 is 0.859 bits per heavy atom. The molecular formula is C67H115NO16S. The number of aryl methyl sites for hydroxylation is 1. The third-order valence-corrected chi connectivity index (χ3v) is 17.0. The van der Waals surface area contributed by atoms with Crippen molar-refractivity contribution >= 4 is 45.9 Å². The summed E-state index contributed by atoms with van der Waals surface area (Å²) in [5.41, 5.74) is 0.801. The molecule has 0 aromatic heterocycles. The molecule has 1 heterocycles. The molecule has 1 saturated heterocycles. The number of unbranched alkanes of at least 4 members (excludes halogenated alkanes) is 33. The van der Waals surface area contributed by atoms with E-state index < -0.39 is 102 Å². The van der Waals surface area contributed by atoms with Crippen molar-refractivity contribution in [2.45, 2.75) is 347 Å². The number of esters is 5. The van der Waals surface area contributed by atoms with Crippen LogP contribution in [0.3, 0.4) is 0 Å². The Bertz CT molecular complexity index is 2070. The number of rotatable bonds is 52. The minimum Gasteiger partial charge on any atom is -0.459 e. The fraction of sp³-hybridized carbons (Fsp3) is 0.821. The number of ether oxygens (including phenoxy) is 7. The van der Waals surface area contributed by atoms with E-state index in [9.17, 15) is 37.2 Å². The van der Waals surface area contributed by atoms with Gasteiger partial charge in [-0.15, -0.1) is 0 Å². The summed E-state index contributed by atoms with van der Waals surface area (Å²) in [5.74, 6) is -4.35. The summed E-state index contributed by atoms with van der Waals surface area (Å²) in [6, 6.07) is 4.69. The lowest BCUT2D eigenvalue weighted by molar-refractivity contribution is -0.308. The number of amides is 1. The van der Waals surface area contributed by atoms with Crippen molar-refractivity contribution in [2.24, 2.45) is 0 Å². The standard InChI is InChI=1S/C67H115NO16S/c1-9-11-13-15-17-19-21-23-24-25-26-27-28-29-30-31-32-33-35-37-39-41-43-45-62(74)68-59(63(80-54(5)70)60(79-53(4)69)44-42-40-38-36-34-22-20-18-16-14-12-10-2)50-77-67-66(83-57(8)73)65(82-56(7)72)64(81-55(6)71)61(84-67)51-78-85(75,76)58-48-46-52(3)47-49-58/h46-49,59-61,63-67H,9-45,50-51H2,1-8H3,(H,68,74)/t59-,60+,61+,63-,64-,65-,66+,67-/m0/s1. The molecule has 1 N–H and O–H groups in total. The van der Waals surface area contributed by atoms with E-state index in [1.807, 2.05) is 0 Å². The third kappa shape index (κ3) is 37.4. The van der Waals surface area contributed by atoms with Crippen LogP contribution in [0.5, 0.6) is 0 Å². The van der Waals surface area contributed by atoms with E-state index in [4.69, 9.17) is 37.3 Å². The van der Waals surface area contributed by atoms with E-state index >= 15 is 0 Å². The summed E-state index contributed by atoms with van der Waals surface area (Å²) in [6.07, 6.45) is 32.0. The van der Waals surface area contributed by atoms with Crippen molar-refractivity contribution in [2.75, 3.05) is 13.2 Å². The van der Waals surface area contributed by atoms with Gasteiger partial charge in [0.05, 0.1) is 24.2 Å². The van der Waals surface area contributed by atoms with Crippen LogP contribution >= 0.6 is 0 Å². The van der Waals surface area contributed by atoms with E-state index in [1.54, 1.807) is 19.1 Å². The largest absolute Gasteiger partial charge is 0.459 e. The van der Waals surface area contributed by atoms with Gasteiger partial charge in [0.15, 0.2) is 30.7 Å². The molecule has 0 spiro atoms. The first-order chi connectivity index (χ1) is 40.9. The number of carbonyl (C=O) groups is 6. The summed E-state index contributed by atoms with van der Waals surface area (Å²) >= 11 is 0. The molecule has 17 nitrogen and oxygen atoms in total. The molecule has 0 aliphatic carbocycles. The number of nitrogens with one attached hydrogen (secondary N) is 1. The van der Waals surface area contributed by atoms with Crippen LogP contribution in [0.4, 0.5) is 0 Å². The zero-order chi connectivity index (χ0) is 62.5. The van der Waals surface area contributed by atoms with Crippen LogP contribution in [0.15, 0.2) is 29.2 Å². The lowest BCUT2D eigenvalue weighted by Gasteiger charge is -2.44. The van der Waals surface area contributed by atoms with Crippen LogP contribution in [0, 0.1) is 6.92 Å². The maximum Gasteiger partial charge on any atom is 0.303 e. The molecule has 0 unspecified atom stereocenters. The van der Waals surface area contributed by atoms with Crippen LogP contribution in [0.2, 0.25) is 0 Å². The highest BCUT2D eigenvalue weighted by molar-refractivity contribution is 7.86. The average Bonchev–Trinajstić information content (AvgIpc) is 3.02. The molecule has 1 aliphatic heterocycles. The zero-order valence-corrected chi connectivity index (χ0v) is 54.8.